The first-order chi connectivity index (χ1) is 8.71. The Morgan fingerprint density at radius 2 is 1.94 bits per heavy atom. The fourth-order valence-electron chi connectivity index (χ4n) is 1.29. The molecule has 2 rings (SSSR count). The molecule has 0 spiro atoms. The first kappa shape index (κ1) is 11.6. The van der Waals surface area contributed by atoms with E-state index >= 15 is 0 Å². The first-order valence-corrected chi connectivity index (χ1v) is 5.00. The van der Waals surface area contributed by atoms with Gasteiger partial charge < -0.3 is 15.9 Å². The highest BCUT2D eigenvalue weighted by atomic mass is 16.5. The van der Waals surface area contributed by atoms with Gasteiger partial charge >= 0.3 is 0 Å². The third-order valence-electron chi connectivity index (χ3n) is 2.07. The Balaban J connectivity index is 2.22. The molecule has 1 aromatic carbocycles. The molecule has 0 unspecified atom stereocenters. The van der Waals surface area contributed by atoms with E-state index in [0.29, 0.717) is 17.1 Å². The van der Waals surface area contributed by atoms with Gasteiger partial charge in [-0.25, -0.2) is 5.84 Å². The summed E-state index contributed by atoms with van der Waals surface area (Å²) in [4.78, 5) is 7.73. The van der Waals surface area contributed by atoms with E-state index in [2.05, 4.69) is 15.4 Å². The molecule has 1 aromatic heterocycles. The number of rotatable bonds is 3. The van der Waals surface area contributed by atoms with Crippen LogP contribution >= 0.6 is 0 Å². The van der Waals surface area contributed by atoms with E-state index in [1.807, 2.05) is 6.07 Å². The maximum atomic E-state index is 8.67. The number of nitrogens with one attached hydrogen (secondary N) is 1. The van der Waals surface area contributed by atoms with Gasteiger partial charge in [0.15, 0.2) is 0 Å². The van der Waals surface area contributed by atoms with Crippen LogP contribution in [0, 0.1) is 11.3 Å². The number of nitrogens with two attached hydrogens (primary N) is 2. The molecule has 18 heavy (non-hydrogen) atoms. The van der Waals surface area contributed by atoms with Gasteiger partial charge in [-0.2, -0.15) is 15.2 Å². The molecule has 90 valence electrons. The zero-order chi connectivity index (χ0) is 13.0. The van der Waals surface area contributed by atoms with Crippen molar-refractivity contribution in [2.24, 2.45) is 5.84 Å². The average Bonchev–Trinajstić information content (AvgIpc) is 2.39. The molecule has 0 atom stereocenters. The molecule has 7 nitrogen and oxygen atoms in total. The molecule has 0 saturated heterocycles. The van der Waals surface area contributed by atoms with Gasteiger partial charge in [-0.3, -0.25) is 0 Å². The Kier molecular flexibility index (Phi) is 3.22. The Labute approximate surface area is 103 Å². The number of aromatic nitrogens is 2. The summed E-state index contributed by atoms with van der Waals surface area (Å²) in [5.41, 5.74) is 8.40. The standard InChI is InChI=1S/C11H10N6O/c12-6-7-1-3-8(4-2-7)18-10-5-9(17-14)15-11(13)16-10/h1-5H,14H2,(H3,13,15,16,17). The Morgan fingerprint density at radius 1 is 1.22 bits per heavy atom. The number of nitriles is 1. The number of hydrogen-bond donors (Lipinski definition) is 3. The maximum Gasteiger partial charge on any atom is 0.226 e. The van der Waals surface area contributed by atoms with Crippen LogP contribution in [0.4, 0.5) is 11.8 Å². The fourth-order valence-corrected chi connectivity index (χ4v) is 1.29. The van der Waals surface area contributed by atoms with E-state index in [-0.39, 0.29) is 11.8 Å². The normalized spacial score (nSPS) is 9.56. The largest absolute Gasteiger partial charge is 0.439 e. The zero-order valence-electron chi connectivity index (χ0n) is 9.29. The third-order valence-corrected chi connectivity index (χ3v) is 2.07. The molecule has 5 N–H and O–H groups in total. The zero-order valence-corrected chi connectivity index (χ0v) is 9.29. The van der Waals surface area contributed by atoms with Crippen molar-refractivity contribution in [3.63, 3.8) is 0 Å². The van der Waals surface area contributed by atoms with Crippen molar-refractivity contribution >= 4 is 11.8 Å². The van der Waals surface area contributed by atoms with Crippen molar-refractivity contribution in [1.29, 1.82) is 5.26 Å². The molecule has 1 heterocycles. The Morgan fingerprint density at radius 3 is 2.56 bits per heavy atom. The van der Waals surface area contributed by atoms with Crippen molar-refractivity contribution in [3.05, 3.63) is 35.9 Å². The van der Waals surface area contributed by atoms with Gasteiger partial charge in [-0.1, -0.05) is 0 Å². The monoisotopic (exact) mass is 242 g/mol. The van der Waals surface area contributed by atoms with Crippen LogP contribution in [-0.2, 0) is 0 Å². The lowest BCUT2D eigenvalue weighted by molar-refractivity contribution is 0.463. The number of nitrogen functional groups attached to an aromatic ring is 2. The highest BCUT2D eigenvalue weighted by molar-refractivity contribution is 5.43. The molecular formula is C11H10N6O. The Hall–Kier alpha value is -2.85. The number of hydrogen-bond acceptors (Lipinski definition) is 7. The molecule has 2 aromatic rings. The number of nitrogens with zero attached hydrogens (tertiary/aromatic N) is 3. The van der Waals surface area contributed by atoms with Crippen LogP contribution in [0.3, 0.4) is 0 Å². The molecule has 0 saturated carbocycles. The van der Waals surface area contributed by atoms with Gasteiger partial charge in [0, 0.05) is 6.07 Å². The van der Waals surface area contributed by atoms with Gasteiger partial charge in [0.25, 0.3) is 0 Å². The second-order valence-corrected chi connectivity index (χ2v) is 3.33. The molecule has 0 fully saturated rings. The molecule has 7 heteroatoms. The van der Waals surface area contributed by atoms with E-state index in [1.54, 1.807) is 24.3 Å². The van der Waals surface area contributed by atoms with Crippen LogP contribution < -0.4 is 21.7 Å². The Bertz CT molecular complexity index is 589. The molecule has 0 aliphatic carbocycles. The predicted octanol–water partition coefficient (Wildman–Crippen LogP) is 1.01. The lowest BCUT2D eigenvalue weighted by atomic mass is 10.2. The van der Waals surface area contributed by atoms with E-state index < -0.39 is 0 Å². The second-order valence-electron chi connectivity index (χ2n) is 3.33. The summed E-state index contributed by atoms with van der Waals surface area (Å²) in [5, 5.41) is 8.67. The summed E-state index contributed by atoms with van der Waals surface area (Å²) >= 11 is 0. The van der Waals surface area contributed by atoms with Gasteiger partial charge in [0.05, 0.1) is 11.6 Å². The topological polar surface area (TPSA) is 123 Å². The molecule has 0 aliphatic heterocycles. The smallest absolute Gasteiger partial charge is 0.226 e. The van der Waals surface area contributed by atoms with Crippen LogP contribution in [0.2, 0.25) is 0 Å². The van der Waals surface area contributed by atoms with Crippen LogP contribution in [0.25, 0.3) is 0 Å². The summed E-state index contributed by atoms with van der Waals surface area (Å²) in [6, 6.07) is 10.1. The minimum atomic E-state index is 0.0501. The van der Waals surface area contributed by atoms with Crippen molar-refractivity contribution in [1.82, 2.24) is 9.97 Å². The first-order valence-electron chi connectivity index (χ1n) is 5.00. The number of benzene rings is 1. The highest BCUT2D eigenvalue weighted by Gasteiger charge is 2.04. The highest BCUT2D eigenvalue weighted by Crippen LogP contribution is 2.22. The molecule has 0 aliphatic rings. The maximum absolute atomic E-state index is 8.67. The van der Waals surface area contributed by atoms with Gasteiger partial charge in [0.2, 0.25) is 11.8 Å². The minimum absolute atomic E-state index is 0.0501. The third kappa shape index (κ3) is 2.63. The van der Waals surface area contributed by atoms with Crippen LogP contribution in [-0.4, -0.2) is 9.97 Å². The molecule has 0 amide bonds. The van der Waals surface area contributed by atoms with E-state index in [9.17, 15) is 0 Å². The van der Waals surface area contributed by atoms with Gasteiger partial charge in [-0.15, -0.1) is 0 Å². The van der Waals surface area contributed by atoms with E-state index in [1.165, 1.54) is 6.07 Å². The van der Waals surface area contributed by atoms with Crippen molar-refractivity contribution in [2.45, 2.75) is 0 Å². The predicted molar refractivity (Wildman–Crippen MR) is 65.5 cm³/mol. The lowest BCUT2D eigenvalue weighted by Gasteiger charge is -2.06. The summed E-state index contributed by atoms with van der Waals surface area (Å²) in [6.07, 6.45) is 0. The molecule has 0 radical (unpaired) electrons. The quantitative estimate of drug-likeness (QED) is 0.542. The summed E-state index contributed by atoms with van der Waals surface area (Å²) in [6.45, 7) is 0. The molecule has 0 bridgehead atoms. The van der Waals surface area contributed by atoms with Crippen molar-refractivity contribution < 1.29 is 4.74 Å². The van der Waals surface area contributed by atoms with Crippen LogP contribution in [0.15, 0.2) is 30.3 Å². The SMILES string of the molecule is N#Cc1ccc(Oc2cc(NN)nc(N)n2)cc1. The number of anilines is 2. The van der Waals surface area contributed by atoms with Crippen molar-refractivity contribution in [3.8, 4) is 17.7 Å². The lowest BCUT2D eigenvalue weighted by Crippen LogP contribution is -2.10. The second kappa shape index (κ2) is 4.99. The van der Waals surface area contributed by atoms with Gasteiger partial charge in [0.1, 0.15) is 11.6 Å². The molecular weight excluding hydrogens is 232 g/mol. The van der Waals surface area contributed by atoms with Crippen LogP contribution in [0.1, 0.15) is 5.56 Å². The summed E-state index contributed by atoms with van der Waals surface area (Å²) in [7, 11) is 0. The van der Waals surface area contributed by atoms with E-state index in [0.717, 1.165) is 0 Å². The van der Waals surface area contributed by atoms with E-state index in [4.69, 9.17) is 21.6 Å². The van der Waals surface area contributed by atoms with Crippen LogP contribution in [0.5, 0.6) is 11.6 Å². The fraction of sp³-hybridized carbons (Fsp3) is 0. The summed E-state index contributed by atoms with van der Waals surface area (Å²) in [5.74, 6) is 6.44. The summed E-state index contributed by atoms with van der Waals surface area (Å²) < 4.78 is 5.47. The van der Waals surface area contributed by atoms with Gasteiger partial charge in [-0.05, 0) is 24.3 Å². The van der Waals surface area contributed by atoms with Crippen molar-refractivity contribution in [2.75, 3.05) is 11.2 Å². The minimum Gasteiger partial charge on any atom is -0.439 e. The number of ether oxygens (including phenoxy) is 1. The average molecular weight is 242 g/mol. The number of hydrazine groups is 1.